The molecular weight excluding hydrogens is 343 g/mol. The SMILES string of the molecule is CN(C)c1cc(C(F)(F)F)cc(-c2ccc(-c3ccnc(N)n3)cc2)n1. The van der Waals surface area contributed by atoms with E-state index in [9.17, 15) is 13.2 Å². The first-order chi connectivity index (χ1) is 12.2. The molecule has 26 heavy (non-hydrogen) atoms. The molecule has 0 bridgehead atoms. The number of alkyl halides is 3. The van der Waals surface area contributed by atoms with Gasteiger partial charge in [-0.05, 0) is 18.2 Å². The van der Waals surface area contributed by atoms with Crippen LogP contribution in [0.25, 0.3) is 22.5 Å². The Morgan fingerprint density at radius 3 is 2.04 bits per heavy atom. The van der Waals surface area contributed by atoms with Gasteiger partial charge in [0.2, 0.25) is 5.95 Å². The van der Waals surface area contributed by atoms with Crippen molar-refractivity contribution >= 4 is 11.8 Å². The quantitative estimate of drug-likeness (QED) is 0.769. The minimum atomic E-state index is -4.44. The van der Waals surface area contributed by atoms with Crippen molar-refractivity contribution in [3.05, 3.63) is 54.2 Å². The molecule has 0 radical (unpaired) electrons. The average molecular weight is 359 g/mol. The van der Waals surface area contributed by atoms with Gasteiger partial charge < -0.3 is 10.6 Å². The Balaban J connectivity index is 2.02. The van der Waals surface area contributed by atoms with Crippen LogP contribution in [0, 0.1) is 0 Å². The number of halogens is 3. The number of hydrogen-bond acceptors (Lipinski definition) is 5. The van der Waals surface area contributed by atoms with E-state index < -0.39 is 11.7 Å². The standard InChI is InChI=1S/C18H16F3N5/c1-26(2)16-10-13(18(19,20)21)9-15(24-16)12-5-3-11(4-6-12)14-7-8-23-17(22)25-14/h3-10H,1-2H3,(H2,22,23,25). The van der Waals surface area contributed by atoms with Crippen molar-refractivity contribution in [1.29, 1.82) is 0 Å². The molecule has 0 spiro atoms. The fourth-order valence-corrected chi connectivity index (χ4v) is 2.40. The largest absolute Gasteiger partial charge is 0.416 e. The van der Waals surface area contributed by atoms with Crippen LogP contribution < -0.4 is 10.6 Å². The number of benzene rings is 1. The number of nitrogen functional groups attached to an aromatic ring is 1. The van der Waals surface area contributed by atoms with Gasteiger partial charge in [0.15, 0.2) is 0 Å². The summed E-state index contributed by atoms with van der Waals surface area (Å²) in [6.07, 6.45) is -2.90. The third-order valence-electron chi connectivity index (χ3n) is 3.75. The lowest BCUT2D eigenvalue weighted by atomic mass is 10.0. The Kier molecular flexibility index (Phi) is 4.50. The molecule has 0 fully saturated rings. The van der Waals surface area contributed by atoms with Crippen LogP contribution in [-0.2, 0) is 6.18 Å². The van der Waals surface area contributed by atoms with Crippen LogP contribution >= 0.6 is 0 Å². The summed E-state index contributed by atoms with van der Waals surface area (Å²) in [5, 5.41) is 0. The maximum Gasteiger partial charge on any atom is 0.416 e. The molecule has 0 atom stereocenters. The third-order valence-corrected chi connectivity index (χ3v) is 3.75. The summed E-state index contributed by atoms with van der Waals surface area (Å²) < 4.78 is 39.5. The minimum Gasteiger partial charge on any atom is -0.368 e. The van der Waals surface area contributed by atoms with Crippen molar-refractivity contribution in [1.82, 2.24) is 15.0 Å². The highest BCUT2D eigenvalue weighted by Gasteiger charge is 2.32. The molecule has 8 heteroatoms. The van der Waals surface area contributed by atoms with Crippen LogP contribution in [0.15, 0.2) is 48.7 Å². The zero-order chi connectivity index (χ0) is 18.9. The Morgan fingerprint density at radius 1 is 0.885 bits per heavy atom. The van der Waals surface area contributed by atoms with Gasteiger partial charge in [0.05, 0.1) is 17.0 Å². The highest BCUT2D eigenvalue weighted by atomic mass is 19.4. The highest BCUT2D eigenvalue weighted by molar-refractivity contribution is 5.68. The molecule has 2 heterocycles. The van der Waals surface area contributed by atoms with E-state index in [1.54, 1.807) is 50.6 Å². The number of anilines is 2. The molecule has 0 aliphatic carbocycles. The number of pyridine rings is 1. The fraction of sp³-hybridized carbons (Fsp3) is 0.167. The number of nitrogens with two attached hydrogens (primary N) is 1. The minimum absolute atomic E-state index is 0.154. The fourth-order valence-electron chi connectivity index (χ4n) is 2.40. The van der Waals surface area contributed by atoms with Gasteiger partial charge in [-0.2, -0.15) is 13.2 Å². The summed E-state index contributed by atoms with van der Waals surface area (Å²) in [7, 11) is 3.30. The molecule has 0 saturated heterocycles. The second-order valence-corrected chi connectivity index (χ2v) is 5.87. The topological polar surface area (TPSA) is 67.9 Å². The maximum absolute atomic E-state index is 13.2. The molecule has 0 aliphatic heterocycles. The van der Waals surface area contributed by atoms with Gasteiger partial charge in [-0.25, -0.2) is 15.0 Å². The molecule has 3 aromatic rings. The Morgan fingerprint density at radius 2 is 1.50 bits per heavy atom. The van der Waals surface area contributed by atoms with Crippen molar-refractivity contribution in [2.75, 3.05) is 24.7 Å². The van der Waals surface area contributed by atoms with Crippen molar-refractivity contribution in [3.8, 4) is 22.5 Å². The van der Waals surface area contributed by atoms with E-state index in [1.807, 2.05) is 0 Å². The molecule has 2 aromatic heterocycles. The van der Waals surface area contributed by atoms with Crippen LogP contribution in [0.3, 0.4) is 0 Å². The van der Waals surface area contributed by atoms with Crippen molar-refractivity contribution in [2.24, 2.45) is 0 Å². The predicted octanol–water partition coefficient (Wildman–Crippen LogP) is 3.87. The molecule has 0 amide bonds. The second-order valence-electron chi connectivity index (χ2n) is 5.87. The zero-order valence-electron chi connectivity index (χ0n) is 14.1. The van der Waals surface area contributed by atoms with E-state index in [0.29, 0.717) is 11.3 Å². The van der Waals surface area contributed by atoms with Gasteiger partial charge in [0, 0.05) is 31.4 Å². The van der Waals surface area contributed by atoms with Gasteiger partial charge in [0.1, 0.15) is 5.82 Å². The molecule has 1 aromatic carbocycles. The van der Waals surface area contributed by atoms with Crippen molar-refractivity contribution < 1.29 is 13.2 Å². The molecule has 0 unspecified atom stereocenters. The van der Waals surface area contributed by atoms with E-state index in [1.165, 1.54) is 4.90 Å². The second kappa shape index (κ2) is 6.62. The Labute approximate surface area is 148 Å². The third kappa shape index (κ3) is 3.74. The van der Waals surface area contributed by atoms with Gasteiger partial charge in [0.25, 0.3) is 0 Å². The van der Waals surface area contributed by atoms with Crippen molar-refractivity contribution in [3.63, 3.8) is 0 Å². The molecule has 134 valence electrons. The van der Waals surface area contributed by atoms with E-state index in [2.05, 4.69) is 15.0 Å². The first-order valence-electron chi connectivity index (χ1n) is 7.70. The smallest absolute Gasteiger partial charge is 0.368 e. The van der Waals surface area contributed by atoms with Gasteiger partial charge in [-0.15, -0.1) is 0 Å². The number of rotatable bonds is 3. The Bertz CT molecular complexity index is 921. The first-order valence-corrected chi connectivity index (χ1v) is 7.70. The normalized spacial score (nSPS) is 11.4. The van der Waals surface area contributed by atoms with Crippen LogP contribution in [0.5, 0.6) is 0 Å². The van der Waals surface area contributed by atoms with Gasteiger partial charge >= 0.3 is 6.18 Å². The van der Waals surface area contributed by atoms with E-state index in [0.717, 1.165) is 17.7 Å². The van der Waals surface area contributed by atoms with Crippen LogP contribution in [0.2, 0.25) is 0 Å². The van der Waals surface area contributed by atoms with E-state index in [4.69, 9.17) is 5.73 Å². The summed E-state index contributed by atoms with van der Waals surface area (Å²) in [5.41, 5.74) is 7.07. The van der Waals surface area contributed by atoms with Crippen LogP contribution in [0.1, 0.15) is 5.56 Å². The van der Waals surface area contributed by atoms with Crippen LogP contribution in [0.4, 0.5) is 24.9 Å². The summed E-state index contributed by atoms with van der Waals surface area (Å²) in [5.74, 6) is 0.393. The van der Waals surface area contributed by atoms with Gasteiger partial charge in [-0.1, -0.05) is 24.3 Å². The van der Waals surface area contributed by atoms with E-state index in [-0.39, 0.29) is 17.5 Å². The predicted molar refractivity (Wildman–Crippen MR) is 94.4 cm³/mol. The number of hydrogen-bond donors (Lipinski definition) is 1. The number of nitrogens with zero attached hydrogens (tertiary/aromatic N) is 4. The van der Waals surface area contributed by atoms with Crippen molar-refractivity contribution in [2.45, 2.75) is 6.18 Å². The molecule has 3 rings (SSSR count). The van der Waals surface area contributed by atoms with Gasteiger partial charge in [-0.3, -0.25) is 0 Å². The first kappa shape index (κ1) is 17.7. The van der Waals surface area contributed by atoms with Crippen LogP contribution in [-0.4, -0.2) is 29.0 Å². The molecule has 0 saturated carbocycles. The molecule has 5 nitrogen and oxygen atoms in total. The number of aromatic nitrogens is 3. The summed E-state index contributed by atoms with van der Waals surface area (Å²) in [6.45, 7) is 0. The maximum atomic E-state index is 13.2. The molecule has 2 N–H and O–H groups in total. The monoisotopic (exact) mass is 359 g/mol. The average Bonchev–Trinajstić information content (AvgIpc) is 2.61. The zero-order valence-corrected chi connectivity index (χ0v) is 14.1. The van der Waals surface area contributed by atoms with E-state index >= 15 is 0 Å². The lowest BCUT2D eigenvalue weighted by Gasteiger charge is -2.16. The summed E-state index contributed by atoms with van der Waals surface area (Å²) in [4.78, 5) is 13.8. The molecular formula is C18H16F3N5. The highest BCUT2D eigenvalue weighted by Crippen LogP contribution is 2.34. The summed E-state index contributed by atoms with van der Waals surface area (Å²) in [6, 6.07) is 10.7. The Hall–Kier alpha value is -3.16. The lowest BCUT2D eigenvalue weighted by Crippen LogP contribution is -2.14. The lowest BCUT2D eigenvalue weighted by molar-refractivity contribution is -0.137. The molecule has 0 aliphatic rings. The summed E-state index contributed by atoms with van der Waals surface area (Å²) >= 11 is 0.